The van der Waals surface area contributed by atoms with Crippen molar-refractivity contribution in [2.24, 2.45) is 11.5 Å². The number of methoxy groups -OCH3 is 3. The number of carbonyl (C=O) groups is 1. The van der Waals surface area contributed by atoms with E-state index < -0.39 is 11.9 Å². The average Bonchev–Trinajstić information content (AvgIpc) is 2.45. The Kier molecular flexibility index (Phi) is 5.92. The molecule has 0 saturated carbocycles. The summed E-state index contributed by atoms with van der Waals surface area (Å²) < 4.78 is 21.1. The summed E-state index contributed by atoms with van der Waals surface area (Å²) in [6.07, 6.45) is 0.325. The van der Waals surface area contributed by atoms with Crippen LogP contribution in [-0.2, 0) is 4.79 Å². The van der Waals surface area contributed by atoms with Crippen molar-refractivity contribution in [1.82, 2.24) is 0 Å². The number of primary amides is 1. The number of nitrogens with two attached hydrogens (primary N) is 2. The summed E-state index contributed by atoms with van der Waals surface area (Å²) in [7, 11) is 4.56. The molecule has 1 aromatic rings. The zero-order valence-electron chi connectivity index (χ0n) is 11.8. The van der Waals surface area contributed by atoms with Gasteiger partial charge in [-0.2, -0.15) is 0 Å². The number of rotatable bonds is 8. The van der Waals surface area contributed by atoms with Crippen LogP contribution in [0.3, 0.4) is 0 Å². The Balaban J connectivity index is 2.78. The summed E-state index contributed by atoms with van der Waals surface area (Å²) in [4.78, 5) is 10.8. The molecule has 20 heavy (non-hydrogen) atoms. The second-order valence-corrected chi connectivity index (χ2v) is 4.01. The van der Waals surface area contributed by atoms with Gasteiger partial charge >= 0.3 is 0 Å². The third-order valence-electron chi connectivity index (χ3n) is 2.70. The lowest BCUT2D eigenvalue weighted by Gasteiger charge is -2.15. The maximum atomic E-state index is 10.8. The smallest absolute Gasteiger partial charge is 0.234 e. The van der Waals surface area contributed by atoms with E-state index in [1.165, 1.54) is 21.3 Å². The molecule has 0 fully saturated rings. The van der Waals surface area contributed by atoms with Gasteiger partial charge in [0.1, 0.15) is 5.75 Å². The summed E-state index contributed by atoms with van der Waals surface area (Å²) in [6, 6.07) is 2.60. The maximum absolute atomic E-state index is 10.8. The van der Waals surface area contributed by atoms with Crippen molar-refractivity contribution in [3.63, 3.8) is 0 Å². The lowest BCUT2D eigenvalue weighted by molar-refractivity contribution is -0.119. The molecule has 0 radical (unpaired) electrons. The molecule has 7 nitrogen and oxygen atoms in total. The molecule has 0 aliphatic carbocycles. The van der Waals surface area contributed by atoms with Crippen molar-refractivity contribution in [2.75, 3.05) is 27.9 Å². The molecular formula is C13H20N2O5. The fourth-order valence-corrected chi connectivity index (χ4v) is 1.59. The Morgan fingerprint density at radius 3 is 2.10 bits per heavy atom. The first-order valence-corrected chi connectivity index (χ1v) is 6.01. The highest BCUT2D eigenvalue weighted by molar-refractivity contribution is 5.79. The standard InChI is InChI=1S/C13H20N2O5/c1-17-10-6-8(7-11(18-2)12(10)19-3)20-5-4-9(14)13(15)16/h6-7,9H,4-5,14H2,1-3H3,(H2,15,16). The number of hydrogen-bond donors (Lipinski definition) is 2. The minimum absolute atomic E-state index is 0.253. The van der Waals surface area contributed by atoms with Gasteiger partial charge in [-0.25, -0.2) is 0 Å². The van der Waals surface area contributed by atoms with Crippen molar-refractivity contribution < 1.29 is 23.7 Å². The number of benzene rings is 1. The van der Waals surface area contributed by atoms with E-state index in [0.29, 0.717) is 29.4 Å². The fraction of sp³-hybridized carbons (Fsp3) is 0.462. The zero-order valence-corrected chi connectivity index (χ0v) is 11.8. The Morgan fingerprint density at radius 2 is 1.70 bits per heavy atom. The van der Waals surface area contributed by atoms with Crippen LogP contribution in [0, 0.1) is 0 Å². The van der Waals surface area contributed by atoms with Crippen LogP contribution in [-0.4, -0.2) is 39.9 Å². The van der Waals surface area contributed by atoms with Crippen molar-refractivity contribution in [2.45, 2.75) is 12.5 Å². The highest BCUT2D eigenvalue weighted by atomic mass is 16.5. The van der Waals surface area contributed by atoms with E-state index in [9.17, 15) is 4.79 Å². The maximum Gasteiger partial charge on any atom is 0.234 e. The second kappa shape index (κ2) is 7.44. The van der Waals surface area contributed by atoms with Gasteiger partial charge in [0.15, 0.2) is 11.5 Å². The van der Waals surface area contributed by atoms with E-state index in [0.717, 1.165) is 0 Å². The van der Waals surface area contributed by atoms with Gasteiger partial charge in [0.25, 0.3) is 0 Å². The largest absolute Gasteiger partial charge is 0.493 e. The van der Waals surface area contributed by atoms with Crippen LogP contribution in [0.25, 0.3) is 0 Å². The van der Waals surface area contributed by atoms with Crippen LogP contribution in [0.15, 0.2) is 12.1 Å². The minimum atomic E-state index is -0.725. The molecule has 0 aliphatic heterocycles. The van der Waals surface area contributed by atoms with Gasteiger partial charge in [-0.15, -0.1) is 0 Å². The van der Waals surface area contributed by atoms with Crippen molar-refractivity contribution in [3.8, 4) is 23.0 Å². The van der Waals surface area contributed by atoms with E-state index >= 15 is 0 Å². The molecule has 1 rings (SSSR count). The van der Waals surface area contributed by atoms with E-state index in [2.05, 4.69) is 0 Å². The van der Waals surface area contributed by atoms with Crippen LogP contribution < -0.4 is 30.4 Å². The number of hydrogen-bond acceptors (Lipinski definition) is 6. The molecule has 1 amide bonds. The normalized spacial score (nSPS) is 11.6. The molecule has 7 heteroatoms. The average molecular weight is 284 g/mol. The summed E-state index contributed by atoms with van der Waals surface area (Å²) >= 11 is 0. The first-order chi connectivity index (χ1) is 9.53. The SMILES string of the molecule is COc1cc(OCCC(N)C(N)=O)cc(OC)c1OC. The van der Waals surface area contributed by atoms with Gasteiger partial charge < -0.3 is 30.4 Å². The van der Waals surface area contributed by atoms with Crippen LogP contribution in [0.1, 0.15) is 6.42 Å². The molecule has 1 aromatic carbocycles. The third-order valence-corrected chi connectivity index (χ3v) is 2.70. The summed E-state index contributed by atoms with van der Waals surface area (Å²) in [5.41, 5.74) is 10.6. The zero-order chi connectivity index (χ0) is 15.1. The summed E-state index contributed by atoms with van der Waals surface area (Å²) in [6.45, 7) is 0.253. The Bertz CT molecular complexity index is 439. The molecule has 0 saturated heterocycles. The minimum Gasteiger partial charge on any atom is -0.493 e. The summed E-state index contributed by atoms with van der Waals surface area (Å²) in [5.74, 6) is 1.42. The number of ether oxygens (including phenoxy) is 4. The monoisotopic (exact) mass is 284 g/mol. The molecule has 112 valence electrons. The molecule has 0 spiro atoms. The van der Waals surface area contributed by atoms with E-state index in [4.69, 9.17) is 30.4 Å². The van der Waals surface area contributed by atoms with Crippen molar-refractivity contribution in [1.29, 1.82) is 0 Å². The predicted octanol–water partition coefficient (Wildman–Crippen LogP) is 0.294. The highest BCUT2D eigenvalue weighted by Gasteiger charge is 2.14. The third kappa shape index (κ3) is 3.92. The van der Waals surface area contributed by atoms with Crippen LogP contribution >= 0.6 is 0 Å². The second-order valence-electron chi connectivity index (χ2n) is 4.01. The topological polar surface area (TPSA) is 106 Å². The van der Waals surface area contributed by atoms with Crippen molar-refractivity contribution in [3.05, 3.63) is 12.1 Å². The molecule has 1 atom stereocenters. The quantitative estimate of drug-likeness (QED) is 0.711. The first-order valence-electron chi connectivity index (χ1n) is 6.01. The molecule has 0 heterocycles. The van der Waals surface area contributed by atoms with Crippen LogP contribution in [0.2, 0.25) is 0 Å². The van der Waals surface area contributed by atoms with Gasteiger partial charge in [0.2, 0.25) is 11.7 Å². The Hall–Kier alpha value is -2.15. The van der Waals surface area contributed by atoms with Gasteiger partial charge in [0.05, 0.1) is 34.0 Å². The van der Waals surface area contributed by atoms with Crippen molar-refractivity contribution >= 4 is 5.91 Å². The van der Waals surface area contributed by atoms with E-state index in [-0.39, 0.29) is 6.61 Å². The van der Waals surface area contributed by atoms with E-state index in [1.54, 1.807) is 12.1 Å². The van der Waals surface area contributed by atoms with Crippen LogP contribution in [0.5, 0.6) is 23.0 Å². The fourth-order valence-electron chi connectivity index (χ4n) is 1.59. The lowest BCUT2D eigenvalue weighted by Crippen LogP contribution is -2.37. The Labute approximate surface area is 117 Å². The highest BCUT2D eigenvalue weighted by Crippen LogP contribution is 2.40. The van der Waals surface area contributed by atoms with Crippen LogP contribution in [0.4, 0.5) is 0 Å². The molecule has 0 aliphatic rings. The number of amides is 1. The molecule has 0 bridgehead atoms. The molecular weight excluding hydrogens is 264 g/mol. The van der Waals surface area contributed by atoms with E-state index in [1.807, 2.05) is 0 Å². The predicted molar refractivity (Wildman–Crippen MR) is 73.4 cm³/mol. The lowest BCUT2D eigenvalue weighted by atomic mass is 10.2. The molecule has 4 N–H and O–H groups in total. The first kappa shape index (κ1) is 15.9. The molecule has 0 aromatic heterocycles. The van der Waals surface area contributed by atoms with Gasteiger partial charge in [-0.3, -0.25) is 4.79 Å². The van der Waals surface area contributed by atoms with Gasteiger partial charge in [0, 0.05) is 18.6 Å². The molecule has 1 unspecified atom stereocenters. The summed E-state index contributed by atoms with van der Waals surface area (Å²) in [5, 5.41) is 0. The van der Waals surface area contributed by atoms with Gasteiger partial charge in [-0.1, -0.05) is 0 Å². The Morgan fingerprint density at radius 1 is 1.15 bits per heavy atom. The van der Waals surface area contributed by atoms with Gasteiger partial charge in [-0.05, 0) is 0 Å². The number of carbonyl (C=O) groups excluding carboxylic acids is 1.